The van der Waals surface area contributed by atoms with Crippen molar-refractivity contribution in [2.45, 2.75) is 6.18 Å². The quantitative estimate of drug-likeness (QED) is 0.651. The number of nitrogens with zero attached hydrogens (tertiary/aromatic N) is 2. The van der Waals surface area contributed by atoms with Crippen LogP contribution in [-0.2, 0) is 6.18 Å². The predicted molar refractivity (Wildman–Crippen MR) is 53.9 cm³/mol. The second kappa shape index (κ2) is 3.65. The van der Waals surface area contributed by atoms with Crippen molar-refractivity contribution in [3.63, 3.8) is 0 Å². The van der Waals surface area contributed by atoms with Gasteiger partial charge in [-0.3, -0.25) is 0 Å². The first-order valence-electron chi connectivity index (χ1n) is 4.58. The number of nitrogens with one attached hydrogen (secondary N) is 1. The summed E-state index contributed by atoms with van der Waals surface area (Å²) >= 11 is 0. The minimum atomic E-state index is -4.59. The van der Waals surface area contributed by atoms with Gasteiger partial charge in [0.1, 0.15) is 17.6 Å². The normalized spacial score (nSPS) is 11.7. The summed E-state index contributed by atoms with van der Waals surface area (Å²) in [6.45, 7) is 0. The van der Waals surface area contributed by atoms with Crippen molar-refractivity contribution in [1.29, 1.82) is 0 Å². The number of rotatable bonds is 1. The first-order chi connectivity index (χ1) is 7.91. The number of aromatic nitrogens is 3. The molecular formula is C9H9F3N5+. The van der Waals surface area contributed by atoms with Crippen molar-refractivity contribution in [3.8, 4) is 5.82 Å². The van der Waals surface area contributed by atoms with Gasteiger partial charge in [-0.2, -0.15) is 13.2 Å². The molecule has 0 unspecified atom stereocenters. The molecule has 90 valence electrons. The van der Waals surface area contributed by atoms with E-state index in [1.165, 1.54) is 18.3 Å². The lowest BCUT2D eigenvalue weighted by Gasteiger charge is -2.05. The van der Waals surface area contributed by atoms with Gasteiger partial charge in [0.2, 0.25) is 0 Å². The molecule has 0 aliphatic rings. The number of anilines is 2. The molecule has 0 saturated heterocycles. The van der Waals surface area contributed by atoms with E-state index in [4.69, 9.17) is 11.5 Å². The first kappa shape index (κ1) is 11.2. The van der Waals surface area contributed by atoms with Gasteiger partial charge in [-0.1, -0.05) is 0 Å². The standard InChI is InChI=1S/C9H8F3N5/c10-9(11,12)7-6(14)4-16-17(7)8-5(13)2-1-3-15-8/h1-4H,13-14H2/p+1. The fourth-order valence-corrected chi connectivity index (χ4v) is 1.45. The van der Waals surface area contributed by atoms with Gasteiger partial charge in [-0.25, -0.2) is 5.10 Å². The molecule has 5 nitrogen and oxygen atoms in total. The summed E-state index contributed by atoms with van der Waals surface area (Å²) in [6, 6.07) is 2.98. The van der Waals surface area contributed by atoms with Crippen LogP contribution >= 0.6 is 0 Å². The Morgan fingerprint density at radius 3 is 2.53 bits per heavy atom. The third-order valence-electron chi connectivity index (χ3n) is 2.14. The zero-order valence-electron chi connectivity index (χ0n) is 8.49. The molecule has 0 atom stereocenters. The Kier molecular flexibility index (Phi) is 2.41. The Bertz CT molecular complexity index is 546. The minimum Gasteiger partial charge on any atom is -0.394 e. The van der Waals surface area contributed by atoms with Crippen LogP contribution in [0.3, 0.4) is 0 Å². The summed E-state index contributed by atoms with van der Waals surface area (Å²) in [4.78, 5) is 3.79. The minimum absolute atomic E-state index is 0.0449. The fraction of sp³-hybridized carbons (Fsp3) is 0.111. The number of hydrogen-bond donors (Lipinski definition) is 3. The van der Waals surface area contributed by atoms with Gasteiger partial charge in [0, 0.05) is 0 Å². The molecular weight excluding hydrogens is 235 g/mol. The van der Waals surface area contributed by atoms with E-state index in [0.717, 1.165) is 6.20 Å². The number of aromatic amines is 1. The molecule has 0 fully saturated rings. The van der Waals surface area contributed by atoms with Crippen LogP contribution in [0, 0.1) is 0 Å². The van der Waals surface area contributed by atoms with Crippen molar-refractivity contribution < 1.29 is 17.9 Å². The average molecular weight is 244 g/mol. The summed E-state index contributed by atoms with van der Waals surface area (Å²) in [5, 5.41) is 2.37. The molecule has 0 aliphatic heterocycles. The molecule has 0 spiro atoms. The molecule has 0 radical (unpaired) electrons. The van der Waals surface area contributed by atoms with Gasteiger partial charge in [0.15, 0.2) is 0 Å². The maximum absolute atomic E-state index is 12.8. The molecule has 2 heterocycles. The third-order valence-corrected chi connectivity index (χ3v) is 2.14. The van der Waals surface area contributed by atoms with Crippen LogP contribution in [0.4, 0.5) is 24.5 Å². The highest BCUT2D eigenvalue weighted by molar-refractivity contribution is 5.48. The zero-order chi connectivity index (χ0) is 12.6. The summed E-state index contributed by atoms with van der Waals surface area (Å²) in [5.74, 6) is -0.0449. The van der Waals surface area contributed by atoms with Crippen molar-refractivity contribution in [2.24, 2.45) is 0 Å². The van der Waals surface area contributed by atoms with E-state index in [2.05, 4.69) is 10.1 Å². The lowest BCUT2D eigenvalue weighted by atomic mass is 10.3. The maximum atomic E-state index is 12.8. The number of halogens is 3. The molecule has 0 bridgehead atoms. The van der Waals surface area contributed by atoms with Gasteiger partial charge in [0.05, 0.1) is 6.20 Å². The van der Waals surface area contributed by atoms with Crippen LogP contribution in [0.2, 0.25) is 0 Å². The SMILES string of the molecule is Nc1cccnc1-[n+]1[nH]cc(N)c1C(F)(F)F. The molecule has 5 N–H and O–H groups in total. The van der Waals surface area contributed by atoms with E-state index in [0.29, 0.717) is 4.68 Å². The zero-order valence-corrected chi connectivity index (χ0v) is 8.49. The smallest absolute Gasteiger partial charge is 0.394 e. The summed E-state index contributed by atoms with van der Waals surface area (Å²) in [6.07, 6.45) is -2.21. The Labute approximate surface area is 93.9 Å². The van der Waals surface area contributed by atoms with Gasteiger partial charge in [0.25, 0.3) is 5.69 Å². The molecule has 0 aromatic carbocycles. The molecule has 0 amide bonds. The van der Waals surface area contributed by atoms with Crippen molar-refractivity contribution in [2.75, 3.05) is 11.5 Å². The predicted octanol–water partition coefficient (Wildman–Crippen LogP) is 0.870. The number of nitrogens with two attached hydrogens (primary N) is 2. The topological polar surface area (TPSA) is 84.6 Å². The molecule has 0 saturated carbocycles. The monoisotopic (exact) mass is 244 g/mol. The largest absolute Gasteiger partial charge is 0.458 e. The third kappa shape index (κ3) is 1.88. The van der Waals surface area contributed by atoms with Gasteiger partial charge < -0.3 is 11.5 Å². The van der Waals surface area contributed by atoms with Crippen molar-refractivity contribution >= 4 is 11.4 Å². The van der Waals surface area contributed by atoms with E-state index < -0.39 is 17.6 Å². The number of nitrogen functional groups attached to an aromatic ring is 2. The van der Waals surface area contributed by atoms with Crippen LogP contribution in [0.5, 0.6) is 0 Å². The lowest BCUT2D eigenvalue weighted by molar-refractivity contribution is -0.677. The van der Waals surface area contributed by atoms with Crippen LogP contribution in [-0.4, -0.2) is 10.1 Å². The number of alkyl halides is 3. The fourth-order valence-electron chi connectivity index (χ4n) is 1.45. The van der Waals surface area contributed by atoms with Crippen LogP contribution in [0.1, 0.15) is 5.69 Å². The highest BCUT2D eigenvalue weighted by Crippen LogP contribution is 2.31. The second-order valence-corrected chi connectivity index (χ2v) is 3.33. The van der Waals surface area contributed by atoms with E-state index in [1.807, 2.05) is 0 Å². The van der Waals surface area contributed by atoms with E-state index in [-0.39, 0.29) is 11.5 Å². The Balaban J connectivity index is 2.66. The van der Waals surface area contributed by atoms with Gasteiger partial charge >= 0.3 is 12.0 Å². The van der Waals surface area contributed by atoms with Crippen molar-refractivity contribution in [3.05, 3.63) is 30.2 Å². The second-order valence-electron chi connectivity index (χ2n) is 3.33. The maximum Gasteiger partial charge on any atom is 0.458 e. The number of hydrogen-bond acceptors (Lipinski definition) is 3. The van der Waals surface area contributed by atoms with Crippen LogP contribution in [0.25, 0.3) is 5.82 Å². The highest BCUT2D eigenvalue weighted by atomic mass is 19.4. The lowest BCUT2D eigenvalue weighted by Crippen LogP contribution is -2.42. The van der Waals surface area contributed by atoms with Gasteiger partial charge in [-0.05, 0) is 17.1 Å². The molecule has 2 rings (SSSR count). The summed E-state index contributed by atoms with van der Waals surface area (Å²) in [5.41, 5.74) is 9.51. The van der Waals surface area contributed by atoms with E-state index in [1.54, 1.807) is 0 Å². The highest BCUT2D eigenvalue weighted by Gasteiger charge is 2.43. The summed E-state index contributed by atoms with van der Waals surface area (Å²) in [7, 11) is 0. The van der Waals surface area contributed by atoms with Crippen LogP contribution in [0.15, 0.2) is 24.5 Å². The van der Waals surface area contributed by atoms with Crippen LogP contribution < -0.4 is 16.1 Å². The van der Waals surface area contributed by atoms with E-state index in [9.17, 15) is 13.2 Å². The number of H-pyrrole nitrogens is 1. The van der Waals surface area contributed by atoms with Gasteiger partial charge in [-0.15, -0.1) is 4.68 Å². The Hall–Kier alpha value is -2.25. The molecule has 0 aliphatic carbocycles. The number of pyridine rings is 1. The first-order valence-corrected chi connectivity index (χ1v) is 4.58. The van der Waals surface area contributed by atoms with Crippen molar-refractivity contribution in [1.82, 2.24) is 10.1 Å². The molecule has 17 heavy (non-hydrogen) atoms. The summed E-state index contributed by atoms with van der Waals surface area (Å²) < 4.78 is 39.0. The Morgan fingerprint density at radius 1 is 1.24 bits per heavy atom. The Morgan fingerprint density at radius 2 is 1.94 bits per heavy atom. The molecule has 2 aromatic heterocycles. The molecule has 8 heteroatoms. The van der Waals surface area contributed by atoms with E-state index >= 15 is 0 Å². The average Bonchev–Trinajstić information content (AvgIpc) is 2.60. The molecule has 2 aromatic rings.